The highest BCUT2D eigenvalue weighted by atomic mass is 16.7. The lowest BCUT2D eigenvalue weighted by molar-refractivity contribution is 0.172. The van der Waals surface area contributed by atoms with E-state index in [0.29, 0.717) is 6.79 Å². The Labute approximate surface area is 82.8 Å². The fourth-order valence-electron chi connectivity index (χ4n) is 1.93. The minimum Gasteiger partial charge on any atom is -0.453 e. The molecule has 1 fully saturated rings. The van der Waals surface area contributed by atoms with Crippen LogP contribution in [0.2, 0.25) is 0 Å². The molecule has 2 aliphatic rings. The number of rotatable bonds is 1. The molecule has 0 radical (unpaired) electrons. The zero-order valence-electron chi connectivity index (χ0n) is 8.17. The third-order valence-corrected chi connectivity index (χ3v) is 3.04. The molecule has 3 heteroatoms. The highest BCUT2D eigenvalue weighted by Crippen LogP contribution is 2.51. The van der Waals surface area contributed by atoms with Crippen LogP contribution in [0.4, 0.5) is 0 Å². The normalized spacial score (nSPS) is 21.0. The van der Waals surface area contributed by atoms with Crippen molar-refractivity contribution in [3.05, 3.63) is 23.3 Å². The molecule has 0 unspecified atom stereocenters. The minimum absolute atomic E-state index is 0.147. The maximum Gasteiger partial charge on any atom is 0.231 e. The summed E-state index contributed by atoms with van der Waals surface area (Å²) < 4.78 is 10.9. The zero-order valence-corrected chi connectivity index (χ0v) is 8.17. The highest BCUT2D eigenvalue weighted by molar-refractivity contribution is 5.56. The van der Waals surface area contributed by atoms with Crippen molar-refractivity contribution < 1.29 is 9.47 Å². The van der Waals surface area contributed by atoms with E-state index in [1.54, 1.807) is 0 Å². The van der Waals surface area contributed by atoms with E-state index in [1.807, 2.05) is 6.92 Å². The lowest BCUT2D eigenvalue weighted by atomic mass is 10.0. The average molecular weight is 191 g/mol. The predicted molar refractivity (Wildman–Crippen MR) is 52.4 cm³/mol. The molecule has 0 bridgehead atoms. The standard InChI is InChI=1S/C11H13NO2/c1-7-2-3-8(11(12)4-5-11)10-9(7)13-6-14-10/h2-3H,4-6,12H2,1H3. The second-order valence-electron chi connectivity index (χ2n) is 4.15. The Morgan fingerprint density at radius 2 is 1.93 bits per heavy atom. The van der Waals surface area contributed by atoms with Gasteiger partial charge in [0, 0.05) is 11.1 Å². The molecule has 14 heavy (non-hydrogen) atoms. The molecule has 0 atom stereocenters. The molecule has 0 saturated heterocycles. The first-order valence-electron chi connectivity index (χ1n) is 4.89. The van der Waals surface area contributed by atoms with Gasteiger partial charge in [0.2, 0.25) is 6.79 Å². The Bertz CT molecular complexity index is 397. The molecule has 3 rings (SSSR count). The monoisotopic (exact) mass is 191 g/mol. The van der Waals surface area contributed by atoms with Gasteiger partial charge in [0.05, 0.1) is 0 Å². The van der Waals surface area contributed by atoms with Crippen LogP contribution in [0.1, 0.15) is 24.0 Å². The number of hydrogen-bond acceptors (Lipinski definition) is 3. The van der Waals surface area contributed by atoms with Crippen molar-refractivity contribution in [2.45, 2.75) is 25.3 Å². The third kappa shape index (κ3) is 0.960. The maximum absolute atomic E-state index is 6.16. The molecule has 1 saturated carbocycles. The second kappa shape index (κ2) is 2.42. The summed E-state index contributed by atoms with van der Waals surface area (Å²) in [5.74, 6) is 1.74. The number of aryl methyl sites for hydroxylation is 1. The van der Waals surface area contributed by atoms with Crippen molar-refractivity contribution in [1.29, 1.82) is 0 Å². The fraction of sp³-hybridized carbons (Fsp3) is 0.455. The molecular weight excluding hydrogens is 178 g/mol. The van der Waals surface area contributed by atoms with E-state index in [-0.39, 0.29) is 5.54 Å². The van der Waals surface area contributed by atoms with Crippen LogP contribution in [0.25, 0.3) is 0 Å². The van der Waals surface area contributed by atoms with E-state index in [9.17, 15) is 0 Å². The van der Waals surface area contributed by atoms with Crippen molar-refractivity contribution in [1.82, 2.24) is 0 Å². The van der Waals surface area contributed by atoms with Crippen LogP contribution >= 0.6 is 0 Å². The van der Waals surface area contributed by atoms with Gasteiger partial charge in [-0.05, 0) is 25.3 Å². The third-order valence-electron chi connectivity index (χ3n) is 3.04. The van der Waals surface area contributed by atoms with E-state index in [2.05, 4.69) is 12.1 Å². The highest BCUT2D eigenvalue weighted by Gasteiger charge is 2.43. The van der Waals surface area contributed by atoms with Crippen molar-refractivity contribution in [2.24, 2.45) is 5.73 Å². The molecule has 0 aromatic heterocycles. The van der Waals surface area contributed by atoms with Gasteiger partial charge >= 0.3 is 0 Å². The average Bonchev–Trinajstić information content (AvgIpc) is 2.74. The topological polar surface area (TPSA) is 44.5 Å². The summed E-state index contributed by atoms with van der Waals surface area (Å²) in [4.78, 5) is 0. The van der Waals surface area contributed by atoms with Crippen LogP contribution in [-0.4, -0.2) is 6.79 Å². The van der Waals surface area contributed by atoms with Gasteiger partial charge in [0.25, 0.3) is 0 Å². The van der Waals surface area contributed by atoms with Crippen LogP contribution in [-0.2, 0) is 5.54 Å². The molecular formula is C11H13NO2. The van der Waals surface area contributed by atoms with Gasteiger partial charge in [-0.1, -0.05) is 12.1 Å². The van der Waals surface area contributed by atoms with Gasteiger partial charge in [-0.25, -0.2) is 0 Å². The van der Waals surface area contributed by atoms with Crippen molar-refractivity contribution in [3.63, 3.8) is 0 Å². The number of hydrogen-bond donors (Lipinski definition) is 1. The van der Waals surface area contributed by atoms with Gasteiger partial charge in [0.1, 0.15) is 0 Å². The summed E-state index contributed by atoms with van der Waals surface area (Å²) in [6, 6.07) is 4.12. The molecule has 1 aromatic rings. The first-order valence-corrected chi connectivity index (χ1v) is 4.89. The lowest BCUT2D eigenvalue weighted by Crippen LogP contribution is -2.19. The van der Waals surface area contributed by atoms with Crippen LogP contribution in [0.3, 0.4) is 0 Å². The molecule has 1 heterocycles. The summed E-state index contributed by atoms with van der Waals surface area (Å²) in [6.45, 7) is 2.34. The van der Waals surface area contributed by atoms with Gasteiger partial charge in [0.15, 0.2) is 11.5 Å². The van der Waals surface area contributed by atoms with E-state index in [0.717, 1.165) is 35.5 Å². The van der Waals surface area contributed by atoms with E-state index >= 15 is 0 Å². The zero-order chi connectivity index (χ0) is 9.76. The Morgan fingerprint density at radius 1 is 1.21 bits per heavy atom. The largest absolute Gasteiger partial charge is 0.453 e. The summed E-state index contributed by atoms with van der Waals surface area (Å²) in [5.41, 5.74) is 8.23. The van der Waals surface area contributed by atoms with E-state index in [4.69, 9.17) is 15.2 Å². The molecule has 1 aromatic carbocycles. The van der Waals surface area contributed by atoms with E-state index in [1.165, 1.54) is 0 Å². The summed E-state index contributed by atoms with van der Waals surface area (Å²) in [5, 5.41) is 0. The summed E-state index contributed by atoms with van der Waals surface area (Å²) >= 11 is 0. The Hall–Kier alpha value is -1.22. The summed E-state index contributed by atoms with van der Waals surface area (Å²) in [7, 11) is 0. The number of ether oxygens (including phenoxy) is 2. The molecule has 74 valence electrons. The number of fused-ring (bicyclic) bond motifs is 1. The second-order valence-corrected chi connectivity index (χ2v) is 4.15. The van der Waals surface area contributed by atoms with Gasteiger partial charge in [-0.3, -0.25) is 0 Å². The molecule has 0 spiro atoms. The number of benzene rings is 1. The van der Waals surface area contributed by atoms with Gasteiger partial charge in [-0.15, -0.1) is 0 Å². The van der Waals surface area contributed by atoms with Crippen molar-refractivity contribution in [3.8, 4) is 11.5 Å². The van der Waals surface area contributed by atoms with Gasteiger partial charge < -0.3 is 15.2 Å². The Morgan fingerprint density at radius 3 is 2.64 bits per heavy atom. The van der Waals surface area contributed by atoms with Crippen LogP contribution < -0.4 is 15.2 Å². The fourth-order valence-corrected chi connectivity index (χ4v) is 1.93. The Balaban J connectivity index is 2.18. The lowest BCUT2D eigenvalue weighted by Gasteiger charge is -2.12. The summed E-state index contributed by atoms with van der Waals surface area (Å²) in [6.07, 6.45) is 2.09. The first-order chi connectivity index (χ1) is 6.71. The SMILES string of the molecule is Cc1ccc(C2(N)CC2)c2c1OCO2. The molecule has 0 amide bonds. The molecule has 1 aliphatic heterocycles. The number of nitrogens with two attached hydrogens (primary N) is 1. The smallest absolute Gasteiger partial charge is 0.231 e. The molecule has 2 N–H and O–H groups in total. The van der Waals surface area contributed by atoms with Crippen molar-refractivity contribution >= 4 is 0 Å². The minimum atomic E-state index is -0.147. The van der Waals surface area contributed by atoms with Crippen LogP contribution in [0.15, 0.2) is 12.1 Å². The Kier molecular flexibility index (Phi) is 1.40. The van der Waals surface area contributed by atoms with E-state index < -0.39 is 0 Å². The maximum atomic E-state index is 6.16. The quantitative estimate of drug-likeness (QED) is 0.734. The van der Waals surface area contributed by atoms with Crippen LogP contribution in [0.5, 0.6) is 11.5 Å². The predicted octanol–water partition coefficient (Wildman–Crippen LogP) is 1.67. The first kappa shape index (κ1) is 8.12. The van der Waals surface area contributed by atoms with Crippen LogP contribution in [0, 0.1) is 6.92 Å². The molecule has 1 aliphatic carbocycles. The molecule has 3 nitrogen and oxygen atoms in total. The van der Waals surface area contributed by atoms with Crippen molar-refractivity contribution in [2.75, 3.05) is 6.79 Å². The van der Waals surface area contributed by atoms with Gasteiger partial charge in [-0.2, -0.15) is 0 Å².